The smallest absolute Gasteiger partial charge is 0.340 e. The Labute approximate surface area is 101 Å². The summed E-state index contributed by atoms with van der Waals surface area (Å²) < 4.78 is 4.98. The highest BCUT2D eigenvalue weighted by atomic mass is 79.9. The van der Waals surface area contributed by atoms with Gasteiger partial charge in [-0.25, -0.2) is 9.78 Å². The number of rotatable bonds is 3. The SMILES string of the molecule is CCOC(=O)c1ccc(CBr)c2nc[nH]c12. The molecule has 2 rings (SSSR count). The molecule has 0 saturated carbocycles. The zero-order valence-corrected chi connectivity index (χ0v) is 10.4. The molecule has 0 saturated heterocycles. The van der Waals surface area contributed by atoms with Crippen molar-refractivity contribution in [2.75, 3.05) is 6.61 Å². The standard InChI is InChI=1S/C11H11BrN2O2/c1-2-16-11(15)8-4-3-7(5-12)9-10(8)14-6-13-9/h3-4,6H,2,5H2,1H3,(H,13,14). The molecule has 0 bridgehead atoms. The van der Waals surface area contributed by atoms with Gasteiger partial charge in [0.1, 0.15) is 0 Å². The Morgan fingerprint density at radius 3 is 3.06 bits per heavy atom. The van der Waals surface area contributed by atoms with E-state index in [0.717, 1.165) is 16.6 Å². The van der Waals surface area contributed by atoms with Gasteiger partial charge in [0.15, 0.2) is 0 Å². The van der Waals surface area contributed by atoms with Crippen LogP contribution in [-0.4, -0.2) is 22.5 Å². The van der Waals surface area contributed by atoms with Crippen LogP contribution in [0.5, 0.6) is 0 Å². The van der Waals surface area contributed by atoms with Gasteiger partial charge >= 0.3 is 5.97 Å². The molecule has 0 aliphatic heterocycles. The summed E-state index contributed by atoms with van der Waals surface area (Å²) in [7, 11) is 0. The highest BCUT2D eigenvalue weighted by Crippen LogP contribution is 2.22. The lowest BCUT2D eigenvalue weighted by Gasteiger charge is -2.04. The summed E-state index contributed by atoms with van der Waals surface area (Å²) in [6, 6.07) is 3.64. The quantitative estimate of drug-likeness (QED) is 0.696. The molecule has 1 N–H and O–H groups in total. The van der Waals surface area contributed by atoms with Crippen LogP contribution in [0.15, 0.2) is 18.5 Å². The Bertz CT molecular complexity index is 522. The second kappa shape index (κ2) is 4.65. The molecule has 1 heterocycles. The first-order valence-electron chi connectivity index (χ1n) is 4.96. The number of carbonyl (C=O) groups excluding carboxylic acids is 1. The van der Waals surface area contributed by atoms with Crippen molar-refractivity contribution in [1.82, 2.24) is 9.97 Å². The number of H-pyrrole nitrogens is 1. The summed E-state index contributed by atoms with van der Waals surface area (Å²) in [4.78, 5) is 18.8. The number of fused-ring (bicyclic) bond motifs is 1. The van der Waals surface area contributed by atoms with Crippen molar-refractivity contribution in [3.05, 3.63) is 29.6 Å². The highest BCUT2D eigenvalue weighted by molar-refractivity contribution is 9.08. The average molecular weight is 283 g/mol. The topological polar surface area (TPSA) is 55.0 Å². The Hall–Kier alpha value is -1.36. The van der Waals surface area contributed by atoms with Gasteiger partial charge in [-0.15, -0.1) is 0 Å². The van der Waals surface area contributed by atoms with Gasteiger partial charge in [0.05, 0.1) is 29.5 Å². The van der Waals surface area contributed by atoms with Crippen LogP contribution in [0.3, 0.4) is 0 Å². The van der Waals surface area contributed by atoms with E-state index in [2.05, 4.69) is 25.9 Å². The molecule has 0 atom stereocenters. The van der Waals surface area contributed by atoms with Gasteiger partial charge in [-0.05, 0) is 18.6 Å². The number of nitrogens with zero attached hydrogens (tertiary/aromatic N) is 1. The second-order valence-corrected chi connectivity index (χ2v) is 3.81. The Balaban J connectivity index is 2.55. The summed E-state index contributed by atoms with van der Waals surface area (Å²) >= 11 is 3.39. The molecule has 5 heteroatoms. The third kappa shape index (κ3) is 1.82. The Morgan fingerprint density at radius 1 is 1.56 bits per heavy atom. The van der Waals surface area contributed by atoms with Gasteiger partial charge in [-0.2, -0.15) is 0 Å². The highest BCUT2D eigenvalue weighted by Gasteiger charge is 2.14. The van der Waals surface area contributed by atoms with Gasteiger partial charge in [-0.1, -0.05) is 22.0 Å². The number of hydrogen-bond acceptors (Lipinski definition) is 3. The van der Waals surface area contributed by atoms with Crippen LogP contribution in [0.1, 0.15) is 22.8 Å². The molecule has 2 aromatic rings. The van der Waals surface area contributed by atoms with Crippen LogP contribution in [0.4, 0.5) is 0 Å². The number of aromatic amines is 1. The van der Waals surface area contributed by atoms with Crippen molar-refractivity contribution in [3.63, 3.8) is 0 Å². The number of carbonyl (C=O) groups is 1. The van der Waals surface area contributed by atoms with E-state index in [0.29, 0.717) is 17.5 Å². The zero-order valence-electron chi connectivity index (χ0n) is 8.79. The van der Waals surface area contributed by atoms with E-state index in [4.69, 9.17) is 4.74 Å². The fraction of sp³-hybridized carbons (Fsp3) is 0.273. The van der Waals surface area contributed by atoms with Crippen molar-refractivity contribution in [2.45, 2.75) is 12.3 Å². The fourth-order valence-electron chi connectivity index (χ4n) is 1.58. The van der Waals surface area contributed by atoms with E-state index < -0.39 is 0 Å². The minimum atomic E-state index is -0.321. The first-order chi connectivity index (χ1) is 7.77. The fourth-order valence-corrected chi connectivity index (χ4v) is 2.03. The van der Waals surface area contributed by atoms with E-state index >= 15 is 0 Å². The predicted octanol–water partition coefficient (Wildman–Crippen LogP) is 2.63. The number of halogens is 1. The monoisotopic (exact) mass is 282 g/mol. The molecule has 0 amide bonds. The molecule has 16 heavy (non-hydrogen) atoms. The number of esters is 1. The minimum absolute atomic E-state index is 0.321. The van der Waals surface area contributed by atoms with Gasteiger partial charge in [0, 0.05) is 5.33 Å². The molecule has 0 unspecified atom stereocenters. The van der Waals surface area contributed by atoms with Crippen LogP contribution in [0.2, 0.25) is 0 Å². The molecule has 84 valence electrons. The second-order valence-electron chi connectivity index (χ2n) is 3.25. The molecular weight excluding hydrogens is 272 g/mol. The van der Waals surface area contributed by atoms with Crippen molar-refractivity contribution >= 4 is 32.9 Å². The van der Waals surface area contributed by atoms with Crippen LogP contribution in [0.25, 0.3) is 11.0 Å². The normalized spacial score (nSPS) is 10.6. The third-order valence-electron chi connectivity index (χ3n) is 2.30. The number of benzene rings is 1. The van der Waals surface area contributed by atoms with Crippen molar-refractivity contribution in [3.8, 4) is 0 Å². The van der Waals surface area contributed by atoms with Crippen LogP contribution >= 0.6 is 15.9 Å². The van der Waals surface area contributed by atoms with Crippen molar-refractivity contribution in [2.24, 2.45) is 0 Å². The number of alkyl halides is 1. The maximum atomic E-state index is 11.7. The van der Waals surface area contributed by atoms with Crippen LogP contribution < -0.4 is 0 Å². The summed E-state index contributed by atoms with van der Waals surface area (Å²) in [5.41, 5.74) is 3.11. The van der Waals surface area contributed by atoms with E-state index in [1.165, 1.54) is 0 Å². The number of ether oxygens (including phenoxy) is 1. The summed E-state index contributed by atoms with van der Waals surface area (Å²) in [5.74, 6) is -0.321. The first-order valence-corrected chi connectivity index (χ1v) is 6.08. The predicted molar refractivity (Wildman–Crippen MR) is 64.7 cm³/mol. The van der Waals surface area contributed by atoms with E-state index in [9.17, 15) is 4.79 Å². The lowest BCUT2D eigenvalue weighted by Crippen LogP contribution is -2.05. The lowest BCUT2D eigenvalue weighted by molar-refractivity contribution is 0.0528. The summed E-state index contributed by atoms with van der Waals surface area (Å²) in [5, 5.41) is 0.706. The van der Waals surface area contributed by atoms with Gasteiger partial charge in [0.25, 0.3) is 0 Å². The van der Waals surface area contributed by atoms with Crippen molar-refractivity contribution < 1.29 is 9.53 Å². The largest absolute Gasteiger partial charge is 0.462 e. The molecule has 0 spiro atoms. The number of nitrogens with one attached hydrogen (secondary N) is 1. The van der Waals surface area contributed by atoms with Crippen LogP contribution in [0, 0.1) is 0 Å². The Morgan fingerprint density at radius 2 is 2.38 bits per heavy atom. The van der Waals surface area contributed by atoms with Gasteiger partial charge < -0.3 is 9.72 Å². The Kier molecular flexibility index (Phi) is 3.24. The van der Waals surface area contributed by atoms with Crippen molar-refractivity contribution in [1.29, 1.82) is 0 Å². The molecule has 1 aromatic heterocycles. The lowest BCUT2D eigenvalue weighted by atomic mass is 10.1. The van der Waals surface area contributed by atoms with Gasteiger partial charge in [-0.3, -0.25) is 0 Å². The number of hydrogen-bond donors (Lipinski definition) is 1. The zero-order chi connectivity index (χ0) is 11.5. The van der Waals surface area contributed by atoms with E-state index in [-0.39, 0.29) is 5.97 Å². The molecular formula is C11H11BrN2O2. The van der Waals surface area contributed by atoms with Gasteiger partial charge in [0.2, 0.25) is 0 Å². The summed E-state index contributed by atoms with van der Waals surface area (Å²) in [6.07, 6.45) is 1.58. The molecule has 0 aliphatic rings. The number of aromatic nitrogens is 2. The molecule has 0 aliphatic carbocycles. The van der Waals surface area contributed by atoms with E-state index in [1.807, 2.05) is 6.07 Å². The number of imidazole rings is 1. The molecule has 1 aromatic carbocycles. The maximum absolute atomic E-state index is 11.7. The molecule has 0 radical (unpaired) electrons. The summed E-state index contributed by atoms with van der Waals surface area (Å²) in [6.45, 7) is 2.16. The van der Waals surface area contributed by atoms with E-state index in [1.54, 1.807) is 19.3 Å². The minimum Gasteiger partial charge on any atom is -0.462 e. The third-order valence-corrected chi connectivity index (χ3v) is 2.91. The maximum Gasteiger partial charge on any atom is 0.340 e. The molecule has 4 nitrogen and oxygen atoms in total. The first kappa shape index (κ1) is 11.1. The molecule has 0 fully saturated rings. The van der Waals surface area contributed by atoms with Crippen LogP contribution in [-0.2, 0) is 10.1 Å². The average Bonchev–Trinajstić information content (AvgIpc) is 2.76.